The molecule has 0 aromatic carbocycles. The van der Waals surface area contributed by atoms with Crippen molar-refractivity contribution in [3.05, 3.63) is 17.3 Å². The molecule has 1 atom stereocenters. The third-order valence-electron chi connectivity index (χ3n) is 3.10. The summed E-state index contributed by atoms with van der Waals surface area (Å²) < 4.78 is 10.1. The third kappa shape index (κ3) is 2.69. The minimum Gasteiger partial charge on any atom is -0.481 e. The van der Waals surface area contributed by atoms with Gasteiger partial charge in [0, 0.05) is 19.3 Å². The first-order valence-corrected chi connectivity index (χ1v) is 5.87. The molecule has 18 heavy (non-hydrogen) atoms. The number of aromatic nitrogens is 1. The Labute approximate surface area is 104 Å². The minimum atomic E-state index is -0.792. The van der Waals surface area contributed by atoms with Gasteiger partial charge in [-0.1, -0.05) is 0 Å². The van der Waals surface area contributed by atoms with Crippen molar-refractivity contribution in [1.82, 2.24) is 4.98 Å². The number of rotatable bonds is 4. The topological polar surface area (TPSA) is 89.6 Å². The van der Waals surface area contributed by atoms with Gasteiger partial charge in [0.25, 0.3) is 0 Å². The molecule has 1 heterocycles. The van der Waals surface area contributed by atoms with Crippen LogP contribution in [0.3, 0.4) is 0 Å². The molecule has 0 spiro atoms. The van der Waals surface area contributed by atoms with Gasteiger partial charge in [-0.15, -0.1) is 0 Å². The number of hydrogen-bond acceptors (Lipinski definition) is 5. The number of hydrogen-bond donors (Lipinski definition) is 1. The average molecular weight is 253 g/mol. The first-order valence-electron chi connectivity index (χ1n) is 5.87. The first kappa shape index (κ1) is 12.6. The number of fused-ring (bicyclic) bond motifs is 1. The van der Waals surface area contributed by atoms with Crippen LogP contribution in [0.4, 0.5) is 0 Å². The summed E-state index contributed by atoms with van der Waals surface area (Å²) in [6.07, 6.45) is 2.19. The second-order valence-electron chi connectivity index (χ2n) is 4.33. The Morgan fingerprint density at radius 2 is 2.33 bits per heavy atom. The molecule has 1 unspecified atom stereocenters. The smallest absolute Gasteiger partial charge is 0.306 e. The molecular weight excluding hydrogens is 238 g/mol. The van der Waals surface area contributed by atoms with Crippen molar-refractivity contribution in [2.45, 2.75) is 32.1 Å². The number of aliphatic carboxylic acids is 1. The molecule has 6 heteroatoms. The van der Waals surface area contributed by atoms with Gasteiger partial charge in [0.05, 0.1) is 25.1 Å². The van der Waals surface area contributed by atoms with E-state index in [1.54, 1.807) is 0 Å². The molecule has 1 aromatic rings. The maximum absolute atomic E-state index is 11.0. The number of nitrogens with zero attached hydrogens (tertiary/aromatic N) is 1. The normalized spacial score (nSPS) is 18.2. The Morgan fingerprint density at radius 1 is 1.56 bits per heavy atom. The molecular formula is C12H15NO5. The van der Waals surface area contributed by atoms with Gasteiger partial charge in [-0.3, -0.25) is 9.59 Å². The number of carboxylic acid groups (broad SMARTS) is 1. The monoisotopic (exact) mass is 253 g/mol. The summed E-state index contributed by atoms with van der Waals surface area (Å²) in [5, 5.41) is 8.96. The maximum Gasteiger partial charge on any atom is 0.306 e. The summed E-state index contributed by atoms with van der Waals surface area (Å²) in [4.78, 5) is 26.2. The van der Waals surface area contributed by atoms with Gasteiger partial charge in [-0.05, 0) is 6.42 Å². The van der Waals surface area contributed by atoms with E-state index in [1.807, 2.05) is 0 Å². The van der Waals surface area contributed by atoms with Crippen LogP contribution in [0, 0.1) is 5.92 Å². The van der Waals surface area contributed by atoms with Crippen molar-refractivity contribution in [3.8, 4) is 0 Å². The number of methoxy groups -OCH3 is 1. The van der Waals surface area contributed by atoms with Gasteiger partial charge >= 0.3 is 11.9 Å². The molecule has 0 bridgehead atoms. The molecule has 98 valence electrons. The average Bonchev–Trinajstić information content (AvgIpc) is 2.77. The molecule has 0 aliphatic heterocycles. The standard InChI is InChI=1S/C12H15NO5/c1-17-11(14)5-4-10-13-8-6-7(12(15)16)2-3-9(8)18-10/h7H,2-6H2,1H3,(H,15,16). The van der Waals surface area contributed by atoms with E-state index in [0.29, 0.717) is 37.3 Å². The number of oxazole rings is 1. The van der Waals surface area contributed by atoms with Crippen LogP contribution in [-0.2, 0) is 33.6 Å². The highest BCUT2D eigenvalue weighted by Crippen LogP contribution is 2.26. The Balaban J connectivity index is 2.01. The van der Waals surface area contributed by atoms with Crippen LogP contribution in [0.25, 0.3) is 0 Å². The summed E-state index contributed by atoms with van der Waals surface area (Å²) in [7, 11) is 1.33. The highest BCUT2D eigenvalue weighted by Gasteiger charge is 2.28. The molecule has 1 N–H and O–H groups in total. The van der Waals surface area contributed by atoms with Crippen LogP contribution in [0.5, 0.6) is 0 Å². The number of esters is 1. The molecule has 0 amide bonds. The highest BCUT2D eigenvalue weighted by atomic mass is 16.5. The fourth-order valence-electron chi connectivity index (χ4n) is 2.06. The molecule has 1 aromatic heterocycles. The SMILES string of the molecule is COC(=O)CCc1nc2c(o1)CCC(C(=O)O)C2. The van der Waals surface area contributed by atoms with E-state index in [2.05, 4.69) is 9.72 Å². The quantitative estimate of drug-likeness (QED) is 0.804. The summed E-state index contributed by atoms with van der Waals surface area (Å²) in [5.41, 5.74) is 0.716. The molecule has 6 nitrogen and oxygen atoms in total. The Bertz CT molecular complexity index is 465. The fraction of sp³-hybridized carbons (Fsp3) is 0.583. The Kier molecular flexibility index (Phi) is 3.64. The molecule has 1 aliphatic rings. The van der Waals surface area contributed by atoms with Crippen LogP contribution in [0.15, 0.2) is 4.42 Å². The number of carboxylic acids is 1. The highest BCUT2D eigenvalue weighted by molar-refractivity contribution is 5.70. The van der Waals surface area contributed by atoms with E-state index in [1.165, 1.54) is 7.11 Å². The van der Waals surface area contributed by atoms with Crippen LogP contribution in [-0.4, -0.2) is 29.1 Å². The number of carbonyl (C=O) groups is 2. The lowest BCUT2D eigenvalue weighted by atomic mass is 9.90. The lowest BCUT2D eigenvalue weighted by Gasteiger charge is -2.15. The van der Waals surface area contributed by atoms with Crippen LogP contribution in [0.2, 0.25) is 0 Å². The van der Waals surface area contributed by atoms with Crippen molar-refractivity contribution in [1.29, 1.82) is 0 Å². The molecule has 0 radical (unpaired) electrons. The third-order valence-corrected chi connectivity index (χ3v) is 3.10. The molecule has 0 fully saturated rings. The Hall–Kier alpha value is -1.85. The predicted molar refractivity (Wildman–Crippen MR) is 60.0 cm³/mol. The Morgan fingerprint density at radius 3 is 3.00 bits per heavy atom. The largest absolute Gasteiger partial charge is 0.481 e. The molecule has 2 rings (SSSR count). The lowest BCUT2D eigenvalue weighted by molar-refractivity contribution is -0.142. The summed E-state index contributed by atoms with van der Waals surface area (Å²) in [6, 6.07) is 0. The van der Waals surface area contributed by atoms with Crippen molar-refractivity contribution in [2.24, 2.45) is 5.92 Å². The summed E-state index contributed by atoms with van der Waals surface area (Å²) in [5.74, 6) is -0.241. The number of ether oxygens (including phenoxy) is 1. The van der Waals surface area contributed by atoms with E-state index in [-0.39, 0.29) is 18.3 Å². The number of carbonyl (C=O) groups excluding carboxylic acids is 1. The maximum atomic E-state index is 11.0. The van der Waals surface area contributed by atoms with Crippen molar-refractivity contribution in [2.75, 3.05) is 7.11 Å². The van der Waals surface area contributed by atoms with Crippen LogP contribution >= 0.6 is 0 Å². The van der Waals surface area contributed by atoms with E-state index in [4.69, 9.17) is 9.52 Å². The van der Waals surface area contributed by atoms with E-state index in [9.17, 15) is 9.59 Å². The van der Waals surface area contributed by atoms with Crippen LogP contribution in [0.1, 0.15) is 30.2 Å². The van der Waals surface area contributed by atoms with Crippen molar-refractivity contribution in [3.63, 3.8) is 0 Å². The summed E-state index contributed by atoms with van der Waals surface area (Å²) >= 11 is 0. The van der Waals surface area contributed by atoms with E-state index in [0.717, 1.165) is 5.76 Å². The van der Waals surface area contributed by atoms with Crippen molar-refractivity contribution >= 4 is 11.9 Å². The van der Waals surface area contributed by atoms with Crippen LogP contribution < -0.4 is 0 Å². The van der Waals surface area contributed by atoms with E-state index < -0.39 is 5.97 Å². The minimum absolute atomic E-state index is 0.220. The zero-order valence-corrected chi connectivity index (χ0v) is 10.1. The van der Waals surface area contributed by atoms with Crippen molar-refractivity contribution < 1.29 is 23.8 Å². The number of aryl methyl sites for hydroxylation is 2. The summed E-state index contributed by atoms with van der Waals surface area (Å²) in [6.45, 7) is 0. The second-order valence-corrected chi connectivity index (χ2v) is 4.33. The second kappa shape index (κ2) is 5.20. The predicted octanol–water partition coefficient (Wildman–Crippen LogP) is 0.970. The van der Waals surface area contributed by atoms with Gasteiger partial charge in [0.2, 0.25) is 0 Å². The first-order chi connectivity index (χ1) is 8.60. The molecule has 0 saturated carbocycles. The molecule has 1 aliphatic carbocycles. The fourth-order valence-corrected chi connectivity index (χ4v) is 2.06. The molecule has 0 saturated heterocycles. The zero-order chi connectivity index (χ0) is 13.1. The van der Waals surface area contributed by atoms with Gasteiger partial charge in [-0.2, -0.15) is 0 Å². The van der Waals surface area contributed by atoms with Gasteiger partial charge in [-0.25, -0.2) is 4.98 Å². The van der Waals surface area contributed by atoms with Gasteiger partial charge in [0.1, 0.15) is 5.76 Å². The van der Waals surface area contributed by atoms with Gasteiger partial charge < -0.3 is 14.3 Å². The van der Waals surface area contributed by atoms with E-state index >= 15 is 0 Å². The van der Waals surface area contributed by atoms with Gasteiger partial charge in [0.15, 0.2) is 5.89 Å². The zero-order valence-electron chi connectivity index (χ0n) is 10.1. The lowest BCUT2D eigenvalue weighted by Crippen LogP contribution is -2.21.